The Balaban J connectivity index is 1.48. The van der Waals surface area contributed by atoms with Crippen molar-refractivity contribution in [2.75, 3.05) is 0 Å². The number of halogens is 2. The highest BCUT2D eigenvalue weighted by Gasteiger charge is 2.21. The number of nitrogens with one attached hydrogen (secondary N) is 2. The van der Waals surface area contributed by atoms with E-state index in [2.05, 4.69) is 25.1 Å². The minimum atomic E-state index is -0.583. The Labute approximate surface area is 144 Å². The van der Waals surface area contributed by atoms with Gasteiger partial charge in [-0.1, -0.05) is 0 Å². The third kappa shape index (κ3) is 3.19. The Morgan fingerprint density at radius 1 is 1.36 bits per heavy atom. The summed E-state index contributed by atoms with van der Waals surface area (Å²) in [4.78, 5) is 4.53. The maximum absolute atomic E-state index is 14.0. The molecular formula is C18H19F2N5. The Morgan fingerprint density at radius 3 is 3.00 bits per heavy atom. The lowest BCUT2D eigenvalue weighted by Gasteiger charge is -2.24. The van der Waals surface area contributed by atoms with E-state index in [4.69, 9.17) is 0 Å². The van der Waals surface area contributed by atoms with Crippen LogP contribution < -0.4 is 5.32 Å². The molecule has 0 spiro atoms. The van der Waals surface area contributed by atoms with Gasteiger partial charge in [0.15, 0.2) is 0 Å². The standard InChI is InChI=1S/C18H19F2N5/c1-11-7-22-24-16(11)8-21-13-3-5-18-23-17(10-25(18)9-13)14-4-2-12(19)6-15(14)20/h2,4,6-7,10,13,21H,3,5,8-9H2,1H3,(H,22,24). The van der Waals surface area contributed by atoms with Gasteiger partial charge in [0.05, 0.1) is 17.6 Å². The molecule has 0 saturated carbocycles. The molecule has 0 amide bonds. The van der Waals surface area contributed by atoms with Gasteiger partial charge >= 0.3 is 0 Å². The fraction of sp³-hybridized carbons (Fsp3) is 0.333. The second kappa shape index (κ2) is 6.40. The molecule has 1 atom stereocenters. The van der Waals surface area contributed by atoms with Gasteiger partial charge in [-0.2, -0.15) is 5.10 Å². The van der Waals surface area contributed by atoms with Gasteiger partial charge in [0.1, 0.15) is 17.5 Å². The van der Waals surface area contributed by atoms with Crippen LogP contribution in [0.15, 0.2) is 30.6 Å². The number of benzene rings is 1. The molecule has 3 aromatic rings. The molecule has 0 radical (unpaired) electrons. The smallest absolute Gasteiger partial charge is 0.135 e. The Hall–Kier alpha value is -2.54. The average molecular weight is 343 g/mol. The van der Waals surface area contributed by atoms with Crippen molar-refractivity contribution in [1.82, 2.24) is 25.1 Å². The van der Waals surface area contributed by atoms with Crippen LogP contribution in [0.25, 0.3) is 11.3 Å². The van der Waals surface area contributed by atoms with Gasteiger partial charge in [-0.05, 0) is 31.0 Å². The molecule has 1 aliphatic rings. The lowest BCUT2D eigenvalue weighted by Crippen LogP contribution is -2.37. The van der Waals surface area contributed by atoms with Crippen molar-refractivity contribution >= 4 is 0 Å². The molecule has 25 heavy (non-hydrogen) atoms. The number of aromatic nitrogens is 4. The first kappa shape index (κ1) is 16.0. The number of hydrogen-bond donors (Lipinski definition) is 2. The quantitative estimate of drug-likeness (QED) is 0.766. The summed E-state index contributed by atoms with van der Waals surface area (Å²) in [5, 5.41) is 10.6. The minimum absolute atomic E-state index is 0.315. The molecule has 1 aromatic carbocycles. The first-order valence-electron chi connectivity index (χ1n) is 8.34. The van der Waals surface area contributed by atoms with Gasteiger partial charge < -0.3 is 9.88 Å². The van der Waals surface area contributed by atoms with Crippen LogP contribution in [0.3, 0.4) is 0 Å². The Kier molecular flexibility index (Phi) is 4.09. The first-order chi connectivity index (χ1) is 12.1. The number of aryl methyl sites for hydroxylation is 2. The molecule has 1 aliphatic heterocycles. The minimum Gasteiger partial charge on any atom is -0.333 e. The molecule has 3 heterocycles. The molecular weight excluding hydrogens is 324 g/mol. The van der Waals surface area contributed by atoms with Crippen LogP contribution in [0.4, 0.5) is 8.78 Å². The predicted octanol–water partition coefficient (Wildman–Crippen LogP) is 2.96. The number of hydrogen-bond acceptors (Lipinski definition) is 3. The lowest BCUT2D eigenvalue weighted by atomic mass is 10.1. The largest absolute Gasteiger partial charge is 0.333 e. The summed E-state index contributed by atoms with van der Waals surface area (Å²) in [6.45, 7) is 3.54. The SMILES string of the molecule is Cc1cn[nH]c1CNC1CCc2nc(-c3ccc(F)cc3F)cn2C1. The van der Waals surface area contributed by atoms with E-state index in [0.29, 0.717) is 17.3 Å². The lowest BCUT2D eigenvalue weighted by molar-refractivity contribution is 0.377. The number of nitrogens with zero attached hydrogens (tertiary/aromatic N) is 3. The maximum atomic E-state index is 14.0. The van der Waals surface area contributed by atoms with Crippen molar-refractivity contribution in [2.24, 2.45) is 0 Å². The molecule has 4 rings (SSSR count). The van der Waals surface area contributed by atoms with Crippen molar-refractivity contribution in [3.8, 4) is 11.3 Å². The summed E-state index contributed by atoms with van der Waals surface area (Å²) in [5.74, 6) is -0.224. The van der Waals surface area contributed by atoms with E-state index in [1.165, 1.54) is 12.1 Å². The van der Waals surface area contributed by atoms with Crippen molar-refractivity contribution < 1.29 is 8.78 Å². The van der Waals surface area contributed by atoms with E-state index in [-0.39, 0.29) is 0 Å². The molecule has 130 valence electrons. The van der Waals surface area contributed by atoms with Gasteiger partial charge in [-0.15, -0.1) is 0 Å². The van der Waals surface area contributed by atoms with Crippen LogP contribution in [0.1, 0.15) is 23.5 Å². The molecule has 0 bridgehead atoms. The molecule has 2 aromatic heterocycles. The molecule has 0 aliphatic carbocycles. The molecule has 5 nitrogen and oxygen atoms in total. The van der Waals surface area contributed by atoms with E-state index in [1.807, 2.05) is 19.3 Å². The maximum Gasteiger partial charge on any atom is 0.135 e. The molecule has 1 unspecified atom stereocenters. The van der Waals surface area contributed by atoms with Gasteiger partial charge in [0.2, 0.25) is 0 Å². The van der Waals surface area contributed by atoms with Crippen LogP contribution in [0, 0.1) is 18.6 Å². The van der Waals surface area contributed by atoms with Crippen LogP contribution >= 0.6 is 0 Å². The van der Waals surface area contributed by atoms with Gasteiger partial charge in [0, 0.05) is 43.4 Å². The summed E-state index contributed by atoms with van der Waals surface area (Å²) >= 11 is 0. The van der Waals surface area contributed by atoms with Gasteiger partial charge in [-0.25, -0.2) is 13.8 Å². The topological polar surface area (TPSA) is 58.5 Å². The van der Waals surface area contributed by atoms with E-state index >= 15 is 0 Å². The van der Waals surface area contributed by atoms with Crippen LogP contribution in [0.5, 0.6) is 0 Å². The highest BCUT2D eigenvalue weighted by atomic mass is 19.1. The second-order valence-electron chi connectivity index (χ2n) is 6.47. The average Bonchev–Trinajstić information content (AvgIpc) is 3.18. The summed E-state index contributed by atoms with van der Waals surface area (Å²) in [6, 6.07) is 3.91. The predicted molar refractivity (Wildman–Crippen MR) is 89.9 cm³/mol. The van der Waals surface area contributed by atoms with E-state index in [9.17, 15) is 8.78 Å². The fourth-order valence-electron chi connectivity index (χ4n) is 3.24. The van der Waals surface area contributed by atoms with Gasteiger partial charge in [-0.3, -0.25) is 5.10 Å². The Morgan fingerprint density at radius 2 is 2.24 bits per heavy atom. The highest BCUT2D eigenvalue weighted by molar-refractivity contribution is 5.59. The zero-order chi connectivity index (χ0) is 17.4. The first-order valence-corrected chi connectivity index (χ1v) is 8.34. The number of H-pyrrole nitrogens is 1. The van der Waals surface area contributed by atoms with Crippen molar-refractivity contribution in [1.29, 1.82) is 0 Å². The van der Waals surface area contributed by atoms with Crippen molar-refractivity contribution in [3.63, 3.8) is 0 Å². The number of imidazole rings is 1. The van der Waals surface area contributed by atoms with E-state index < -0.39 is 11.6 Å². The Bertz CT molecular complexity index is 899. The van der Waals surface area contributed by atoms with Crippen LogP contribution in [0.2, 0.25) is 0 Å². The van der Waals surface area contributed by atoms with Gasteiger partial charge in [0.25, 0.3) is 0 Å². The van der Waals surface area contributed by atoms with E-state index in [1.54, 1.807) is 0 Å². The van der Waals surface area contributed by atoms with Crippen LogP contribution in [-0.4, -0.2) is 25.8 Å². The number of fused-ring (bicyclic) bond motifs is 1. The van der Waals surface area contributed by atoms with Crippen molar-refractivity contribution in [3.05, 3.63) is 59.3 Å². The molecule has 2 N–H and O–H groups in total. The number of aromatic amines is 1. The van der Waals surface area contributed by atoms with E-state index in [0.717, 1.165) is 49.1 Å². The monoisotopic (exact) mass is 343 g/mol. The van der Waals surface area contributed by atoms with Crippen LogP contribution in [-0.2, 0) is 19.5 Å². The summed E-state index contributed by atoms with van der Waals surface area (Å²) in [7, 11) is 0. The zero-order valence-electron chi connectivity index (χ0n) is 13.9. The normalized spacial score (nSPS) is 16.8. The summed E-state index contributed by atoms with van der Waals surface area (Å²) in [5.41, 5.74) is 3.12. The summed E-state index contributed by atoms with van der Waals surface area (Å²) < 4.78 is 29.1. The highest BCUT2D eigenvalue weighted by Crippen LogP contribution is 2.25. The molecule has 0 fully saturated rings. The van der Waals surface area contributed by atoms with Crippen molar-refractivity contribution in [2.45, 2.75) is 38.9 Å². The zero-order valence-corrected chi connectivity index (χ0v) is 13.9. The fourth-order valence-corrected chi connectivity index (χ4v) is 3.24. The number of rotatable bonds is 4. The second-order valence-corrected chi connectivity index (χ2v) is 6.47. The third-order valence-electron chi connectivity index (χ3n) is 4.70. The molecule has 7 heteroatoms. The third-order valence-corrected chi connectivity index (χ3v) is 4.70. The summed E-state index contributed by atoms with van der Waals surface area (Å²) in [6.07, 6.45) is 5.45. The molecule has 0 saturated heterocycles.